The second kappa shape index (κ2) is 5.01. The summed E-state index contributed by atoms with van der Waals surface area (Å²) >= 11 is 1.24. The Morgan fingerprint density at radius 3 is 2.79 bits per heavy atom. The van der Waals surface area contributed by atoms with Crippen LogP contribution in [-0.2, 0) is 5.75 Å². The molecule has 0 atom stereocenters. The van der Waals surface area contributed by atoms with Crippen LogP contribution in [0.4, 0.5) is 8.78 Å². The molecule has 96 valence electrons. The van der Waals surface area contributed by atoms with E-state index in [4.69, 9.17) is 4.42 Å². The lowest BCUT2D eigenvalue weighted by atomic mass is 10.2. The summed E-state index contributed by atoms with van der Waals surface area (Å²) in [7, 11) is 0. The standard InChI is InChI=1S/C14H9F2NOS/c15-10-5-6-11(16)9(7-10)8-19-14-17-12-3-1-2-4-13(12)18-14/h1-7H,8H2. The Bertz CT molecular complexity index is 693. The fraction of sp³-hybridized carbons (Fsp3) is 0.0714. The molecule has 0 aliphatic heterocycles. The average molecular weight is 277 g/mol. The molecule has 1 heterocycles. The van der Waals surface area contributed by atoms with Gasteiger partial charge in [-0.3, -0.25) is 0 Å². The minimum absolute atomic E-state index is 0.274. The van der Waals surface area contributed by atoms with E-state index in [1.165, 1.54) is 17.8 Å². The summed E-state index contributed by atoms with van der Waals surface area (Å²) in [6.45, 7) is 0. The molecule has 3 aromatic rings. The lowest BCUT2D eigenvalue weighted by Crippen LogP contribution is -1.89. The third-order valence-electron chi connectivity index (χ3n) is 2.63. The molecule has 0 saturated heterocycles. The fourth-order valence-corrected chi connectivity index (χ4v) is 2.52. The number of nitrogens with zero attached hydrogens (tertiary/aromatic N) is 1. The van der Waals surface area contributed by atoms with E-state index in [1.807, 2.05) is 24.3 Å². The minimum Gasteiger partial charge on any atom is -0.431 e. The van der Waals surface area contributed by atoms with Crippen molar-refractivity contribution in [1.82, 2.24) is 4.98 Å². The first-order valence-electron chi connectivity index (χ1n) is 5.65. The van der Waals surface area contributed by atoms with Gasteiger partial charge in [-0.1, -0.05) is 23.9 Å². The van der Waals surface area contributed by atoms with Crippen LogP contribution in [0, 0.1) is 11.6 Å². The molecule has 0 aliphatic carbocycles. The first-order valence-corrected chi connectivity index (χ1v) is 6.63. The molecule has 0 fully saturated rings. The summed E-state index contributed by atoms with van der Waals surface area (Å²) in [4.78, 5) is 4.26. The molecule has 0 aliphatic rings. The maximum Gasteiger partial charge on any atom is 0.257 e. The number of hydrogen-bond acceptors (Lipinski definition) is 3. The highest BCUT2D eigenvalue weighted by atomic mass is 32.2. The monoisotopic (exact) mass is 277 g/mol. The molecular weight excluding hydrogens is 268 g/mol. The van der Waals surface area contributed by atoms with E-state index in [-0.39, 0.29) is 5.75 Å². The summed E-state index contributed by atoms with van der Waals surface area (Å²) in [5.74, 6) is -0.601. The van der Waals surface area contributed by atoms with Gasteiger partial charge in [0.05, 0.1) is 0 Å². The Morgan fingerprint density at radius 1 is 1.11 bits per heavy atom. The van der Waals surface area contributed by atoms with Crippen molar-refractivity contribution in [3.8, 4) is 0 Å². The molecule has 1 aromatic heterocycles. The van der Waals surface area contributed by atoms with Crippen molar-refractivity contribution >= 4 is 22.9 Å². The second-order valence-corrected chi connectivity index (χ2v) is 4.90. The largest absolute Gasteiger partial charge is 0.431 e. The summed E-state index contributed by atoms with van der Waals surface area (Å²) in [6.07, 6.45) is 0. The van der Waals surface area contributed by atoms with Gasteiger partial charge in [-0.15, -0.1) is 0 Å². The summed E-state index contributed by atoms with van der Waals surface area (Å²) < 4.78 is 32.0. The van der Waals surface area contributed by atoms with Gasteiger partial charge in [0.15, 0.2) is 5.58 Å². The molecule has 0 radical (unpaired) electrons. The average Bonchev–Trinajstić information content (AvgIpc) is 2.82. The van der Waals surface area contributed by atoms with Crippen molar-refractivity contribution in [3.05, 3.63) is 59.7 Å². The third-order valence-corrected chi connectivity index (χ3v) is 3.51. The number of halogens is 2. The van der Waals surface area contributed by atoms with E-state index in [9.17, 15) is 8.78 Å². The van der Waals surface area contributed by atoms with E-state index in [1.54, 1.807) is 0 Å². The van der Waals surface area contributed by atoms with Crippen LogP contribution in [0.2, 0.25) is 0 Å². The zero-order chi connectivity index (χ0) is 13.2. The predicted octanol–water partition coefficient (Wildman–Crippen LogP) is 4.40. The molecule has 0 N–H and O–H groups in total. The number of benzene rings is 2. The van der Waals surface area contributed by atoms with Crippen LogP contribution in [0.5, 0.6) is 0 Å². The van der Waals surface area contributed by atoms with Gasteiger partial charge in [-0.05, 0) is 30.3 Å². The molecule has 0 saturated carbocycles. The Kier molecular flexibility index (Phi) is 3.21. The van der Waals surface area contributed by atoms with Gasteiger partial charge in [0.25, 0.3) is 5.22 Å². The number of para-hydroxylation sites is 2. The summed E-state index contributed by atoms with van der Waals surface area (Å²) in [6, 6.07) is 10.8. The lowest BCUT2D eigenvalue weighted by Gasteiger charge is -2.00. The van der Waals surface area contributed by atoms with E-state index in [0.717, 1.165) is 17.6 Å². The number of fused-ring (bicyclic) bond motifs is 1. The van der Waals surface area contributed by atoms with E-state index >= 15 is 0 Å². The highest BCUT2D eigenvalue weighted by molar-refractivity contribution is 7.98. The minimum atomic E-state index is -0.449. The first-order chi connectivity index (χ1) is 9.22. The van der Waals surface area contributed by atoms with E-state index in [0.29, 0.717) is 16.4 Å². The van der Waals surface area contributed by atoms with Gasteiger partial charge in [0.1, 0.15) is 17.2 Å². The van der Waals surface area contributed by atoms with Crippen LogP contribution >= 0.6 is 11.8 Å². The van der Waals surface area contributed by atoms with Crippen LogP contribution in [0.1, 0.15) is 5.56 Å². The Morgan fingerprint density at radius 2 is 1.95 bits per heavy atom. The van der Waals surface area contributed by atoms with E-state index in [2.05, 4.69) is 4.98 Å². The van der Waals surface area contributed by atoms with Gasteiger partial charge >= 0.3 is 0 Å². The zero-order valence-electron chi connectivity index (χ0n) is 9.77. The SMILES string of the molecule is Fc1ccc(F)c(CSc2nc3ccccc3o2)c1. The lowest BCUT2D eigenvalue weighted by molar-refractivity contribution is 0.489. The summed E-state index contributed by atoms with van der Waals surface area (Å²) in [5.41, 5.74) is 1.74. The van der Waals surface area contributed by atoms with Gasteiger partial charge in [-0.2, -0.15) is 0 Å². The maximum absolute atomic E-state index is 13.4. The van der Waals surface area contributed by atoms with Gasteiger partial charge < -0.3 is 4.42 Å². The number of thioether (sulfide) groups is 1. The molecular formula is C14H9F2NOS. The van der Waals surface area contributed by atoms with Crippen molar-refractivity contribution in [2.45, 2.75) is 11.0 Å². The van der Waals surface area contributed by atoms with Crippen molar-refractivity contribution in [2.24, 2.45) is 0 Å². The molecule has 0 spiro atoms. The van der Waals surface area contributed by atoms with Crippen LogP contribution in [-0.4, -0.2) is 4.98 Å². The molecule has 5 heteroatoms. The van der Waals surface area contributed by atoms with Crippen molar-refractivity contribution < 1.29 is 13.2 Å². The van der Waals surface area contributed by atoms with Crippen LogP contribution < -0.4 is 0 Å². The second-order valence-electron chi connectivity index (χ2n) is 3.97. The zero-order valence-corrected chi connectivity index (χ0v) is 10.6. The quantitative estimate of drug-likeness (QED) is 0.664. The molecule has 0 bridgehead atoms. The molecule has 3 rings (SSSR count). The number of oxazole rings is 1. The van der Waals surface area contributed by atoms with Crippen molar-refractivity contribution in [1.29, 1.82) is 0 Å². The number of rotatable bonds is 3. The normalized spacial score (nSPS) is 11.1. The Hall–Kier alpha value is -1.88. The van der Waals surface area contributed by atoms with Crippen LogP contribution in [0.25, 0.3) is 11.1 Å². The third kappa shape index (κ3) is 2.61. The van der Waals surface area contributed by atoms with Crippen LogP contribution in [0.15, 0.2) is 52.1 Å². The molecule has 2 aromatic carbocycles. The number of aromatic nitrogens is 1. The Labute approximate surface area is 112 Å². The first kappa shape index (κ1) is 12.2. The Balaban J connectivity index is 1.80. The predicted molar refractivity (Wildman–Crippen MR) is 69.9 cm³/mol. The topological polar surface area (TPSA) is 26.0 Å². The maximum atomic E-state index is 13.4. The van der Waals surface area contributed by atoms with E-state index < -0.39 is 11.6 Å². The van der Waals surface area contributed by atoms with Crippen LogP contribution in [0.3, 0.4) is 0 Å². The smallest absolute Gasteiger partial charge is 0.257 e. The van der Waals surface area contributed by atoms with Gasteiger partial charge in [0, 0.05) is 11.3 Å². The molecule has 0 amide bonds. The fourth-order valence-electron chi connectivity index (χ4n) is 1.71. The molecule has 2 nitrogen and oxygen atoms in total. The number of hydrogen-bond donors (Lipinski definition) is 0. The van der Waals surface area contributed by atoms with Gasteiger partial charge in [0.2, 0.25) is 0 Å². The highest BCUT2D eigenvalue weighted by Gasteiger charge is 2.09. The summed E-state index contributed by atoms with van der Waals surface area (Å²) in [5, 5.41) is 0.449. The van der Waals surface area contributed by atoms with Gasteiger partial charge in [-0.25, -0.2) is 13.8 Å². The highest BCUT2D eigenvalue weighted by Crippen LogP contribution is 2.27. The van der Waals surface area contributed by atoms with Crippen molar-refractivity contribution in [3.63, 3.8) is 0 Å². The van der Waals surface area contributed by atoms with Crippen molar-refractivity contribution in [2.75, 3.05) is 0 Å². The molecule has 19 heavy (non-hydrogen) atoms. The molecule has 0 unspecified atom stereocenters.